The zero-order valence-corrected chi connectivity index (χ0v) is 15.3. The van der Waals surface area contributed by atoms with Gasteiger partial charge >= 0.3 is 0 Å². The van der Waals surface area contributed by atoms with E-state index in [1.807, 2.05) is 29.2 Å². The number of hydrogen-bond donors (Lipinski definition) is 1. The molecule has 4 rings (SSSR count). The fourth-order valence-electron chi connectivity index (χ4n) is 3.67. The summed E-state index contributed by atoms with van der Waals surface area (Å²) in [6, 6.07) is 11.0. The standard InChI is InChI=1S/C20H21N3O4/c1-26-17-7-8-18(27-2)19-15(17)10-22(11-16(19)24)12-23-20(25)14-6-4-3-5-13(14)9-21-23/h3-9,16,24H,10-12H2,1-2H3/t16-/m1/s1. The molecule has 1 N–H and O–H groups in total. The summed E-state index contributed by atoms with van der Waals surface area (Å²) >= 11 is 0. The van der Waals surface area contributed by atoms with Gasteiger partial charge in [0.1, 0.15) is 11.5 Å². The van der Waals surface area contributed by atoms with Crippen molar-refractivity contribution in [2.75, 3.05) is 20.8 Å². The zero-order valence-electron chi connectivity index (χ0n) is 15.3. The van der Waals surface area contributed by atoms with Crippen LogP contribution in [0.3, 0.4) is 0 Å². The SMILES string of the molecule is COc1ccc(OC)c2c1CN(Cn1ncc3ccccc3c1=O)C[C@H]2O. The lowest BCUT2D eigenvalue weighted by molar-refractivity contribution is 0.0663. The van der Waals surface area contributed by atoms with Crippen LogP contribution >= 0.6 is 0 Å². The van der Waals surface area contributed by atoms with Gasteiger partial charge in [-0.2, -0.15) is 5.10 Å². The highest BCUT2D eigenvalue weighted by molar-refractivity contribution is 5.80. The van der Waals surface area contributed by atoms with Gasteiger partial charge in [-0.25, -0.2) is 4.68 Å². The summed E-state index contributed by atoms with van der Waals surface area (Å²) in [4.78, 5) is 14.7. The van der Waals surface area contributed by atoms with Crippen LogP contribution in [-0.2, 0) is 13.2 Å². The average molecular weight is 367 g/mol. The van der Waals surface area contributed by atoms with Crippen molar-refractivity contribution in [1.82, 2.24) is 14.7 Å². The minimum atomic E-state index is -0.741. The third-order valence-electron chi connectivity index (χ3n) is 4.96. The lowest BCUT2D eigenvalue weighted by Gasteiger charge is -2.33. The lowest BCUT2D eigenvalue weighted by atomic mass is 9.95. The fraction of sp³-hybridized carbons (Fsp3) is 0.300. The van der Waals surface area contributed by atoms with E-state index in [1.165, 1.54) is 4.68 Å². The van der Waals surface area contributed by atoms with Crippen molar-refractivity contribution in [1.29, 1.82) is 0 Å². The molecule has 0 spiro atoms. The summed E-state index contributed by atoms with van der Waals surface area (Å²) in [5.41, 5.74) is 1.46. The van der Waals surface area contributed by atoms with Crippen molar-refractivity contribution in [3.05, 3.63) is 64.1 Å². The van der Waals surface area contributed by atoms with E-state index in [0.29, 0.717) is 30.0 Å². The first-order chi connectivity index (χ1) is 13.1. The molecule has 1 aromatic heterocycles. The molecule has 27 heavy (non-hydrogen) atoms. The third kappa shape index (κ3) is 3.05. The van der Waals surface area contributed by atoms with Crippen LogP contribution in [0, 0.1) is 0 Å². The van der Waals surface area contributed by atoms with Gasteiger partial charge < -0.3 is 14.6 Å². The summed E-state index contributed by atoms with van der Waals surface area (Å²) in [6.07, 6.45) is 0.948. The zero-order chi connectivity index (χ0) is 19.0. The Bertz CT molecular complexity index is 1050. The maximum atomic E-state index is 12.7. The van der Waals surface area contributed by atoms with Gasteiger partial charge in [-0.1, -0.05) is 18.2 Å². The van der Waals surface area contributed by atoms with Gasteiger partial charge in [0.25, 0.3) is 5.56 Å². The number of methoxy groups -OCH3 is 2. The molecule has 2 aromatic carbocycles. The molecule has 0 saturated carbocycles. The maximum Gasteiger partial charge on any atom is 0.275 e. The summed E-state index contributed by atoms with van der Waals surface area (Å²) in [5, 5.41) is 16.4. The highest BCUT2D eigenvalue weighted by Gasteiger charge is 2.30. The Hall–Kier alpha value is -2.90. The van der Waals surface area contributed by atoms with Crippen LogP contribution in [0.25, 0.3) is 10.8 Å². The minimum absolute atomic E-state index is 0.147. The van der Waals surface area contributed by atoms with Gasteiger partial charge in [0.2, 0.25) is 0 Å². The summed E-state index contributed by atoms with van der Waals surface area (Å²) in [6.45, 7) is 1.17. The lowest BCUT2D eigenvalue weighted by Crippen LogP contribution is -2.39. The van der Waals surface area contributed by atoms with Gasteiger partial charge in [-0.05, 0) is 18.2 Å². The Kier molecular flexibility index (Phi) is 4.55. The number of nitrogens with zero attached hydrogens (tertiary/aromatic N) is 3. The number of ether oxygens (including phenoxy) is 2. The van der Waals surface area contributed by atoms with Crippen LogP contribution in [-0.4, -0.2) is 40.6 Å². The fourth-order valence-corrected chi connectivity index (χ4v) is 3.67. The van der Waals surface area contributed by atoms with E-state index in [2.05, 4.69) is 5.10 Å². The maximum absolute atomic E-state index is 12.7. The number of hydrogen-bond acceptors (Lipinski definition) is 6. The number of aliphatic hydroxyl groups is 1. The molecule has 1 aliphatic heterocycles. The second-order valence-electron chi connectivity index (χ2n) is 6.57. The van der Waals surface area contributed by atoms with Crippen molar-refractivity contribution >= 4 is 10.8 Å². The number of fused-ring (bicyclic) bond motifs is 2. The number of rotatable bonds is 4. The Labute approximate surface area is 156 Å². The molecule has 0 bridgehead atoms. The van der Waals surface area contributed by atoms with Crippen LogP contribution in [0.5, 0.6) is 11.5 Å². The normalized spacial score (nSPS) is 16.9. The first kappa shape index (κ1) is 17.5. The van der Waals surface area contributed by atoms with E-state index in [-0.39, 0.29) is 12.2 Å². The van der Waals surface area contributed by atoms with E-state index >= 15 is 0 Å². The second-order valence-corrected chi connectivity index (χ2v) is 6.57. The number of aromatic nitrogens is 2. The minimum Gasteiger partial charge on any atom is -0.496 e. The smallest absolute Gasteiger partial charge is 0.275 e. The highest BCUT2D eigenvalue weighted by Crippen LogP contribution is 2.39. The van der Waals surface area contributed by atoms with E-state index in [0.717, 1.165) is 16.5 Å². The monoisotopic (exact) mass is 367 g/mol. The molecule has 2 heterocycles. The summed E-state index contributed by atoms with van der Waals surface area (Å²) in [7, 11) is 3.18. The molecule has 3 aromatic rings. The van der Waals surface area contributed by atoms with Gasteiger partial charge in [0.05, 0.1) is 38.6 Å². The van der Waals surface area contributed by atoms with Crippen LogP contribution in [0.2, 0.25) is 0 Å². The van der Waals surface area contributed by atoms with Crippen molar-refractivity contribution < 1.29 is 14.6 Å². The Morgan fingerprint density at radius 2 is 1.89 bits per heavy atom. The van der Waals surface area contributed by atoms with Crippen LogP contribution < -0.4 is 15.0 Å². The molecule has 0 amide bonds. The second kappa shape index (κ2) is 7.02. The number of aliphatic hydroxyl groups excluding tert-OH is 1. The topological polar surface area (TPSA) is 76.8 Å². The molecule has 1 aliphatic rings. The van der Waals surface area contributed by atoms with Crippen molar-refractivity contribution in [2.45, 2.75) is 19.3 Å². The first-order valence-electron chi connectivity index (χ1n) is 8.71. The van der Waals surface area contributed by atoms with Gasteiger partial charge in [-0.15, -0.1) is 0 Å². The van der Waals surface area contributed by atoms with E-state index < -0.39 is 6.10 Å². The van der Waals surface area contributed by atoms with E-state index in [4.69, 9.17) is 9.47 Å². The largest absolute Gasteiger partial charge is 0.496 e. The number of benzene rings is 2. The van der Waals surface area contributed by atoms with Crippen molar-refractivity contribution in [2.24, 2.45) is 0 Å². The number of β-amino-alcohol motifs (C(OH)–C–C–N with tert-alkyl or cyclic N) is 1. The Balaban J connectivity index is 1.68. The van der Waals surface area contributed by atoms with E-state index in [9.17, 15) is 9.90 Å². The van der Waals surface area contributed by atoms with Gasteiger partial charge in [-0.3, -0.25) is 9.69 Å². The Morgan fingerprint density at radius 1 is 1.15 bits per heavy atom. The summed E-state index contributed by atoms with van der Waals surface area (Å²) in [5.74, 6) is 1.33. The molecule has 140 valence electrons. The molecule has 0 radical (unpaired) electrons. The Morgan fingerprint density at radius 3 is 2.67 bits per heavy atom. The predicted octanol–water partition coefficient (Wildman–Crippen LogP) is 1.92. The quantitative estimate of drug-likeness (QED) is 0.759. The first-order valence-corrected chi connectivity index (χ1v) is 8.71. The van der Waals surface area contributed by atoms with Crippen molar-refractivity contribution in [3.8, 4) is 11.5 Å². The third-order valence-corrected chi connectivity index (χ3v) is 4.96. The predicted molar refractivity (Wildman–Crippen MR) is 101 cm³/mol. The van der Waals surface area contributed by atoms with Crippen molar-refractivity contribution in [3.63, 3.8) is 0 Å². The molecule has 0 unspecified atom stereocenters. The van der Waals surface area contributed by atoms with Gasteiger partial charge in [0.15, 0.2) is 0 Å². The highest BCUT2D eigenvalue weighted by atomic mass is 16.5. The summed E-state index contributed by atoms with van der Waals surface area (Å²) < 4.78 is 12.3. The average Bonchev–Trinajstić information content (AvgIpc) is 2.69. The molecule has 0 fully saturated rings. The molecule has 0 saturated heterocycles. The molecule has 0 aliphatic carbocycles. The van der Waals surface area contributed by atoms with E-state index in [1.54, 1.807) is 32.5 Å². The molecule has 7 heteroatoms. The van der Waals surface area contributed by atoms with Gasteiger partial charge in [0, 0.05) is 29.6 Å². The van der Waals surface area contributed by atoms with Crippen LogP contribution in [0.1, 0.15) is 17.2 Å². The molecule has 7 nitrogen and oxygen atoms in total. The van der Waals surface area contributed by atoms with Crippen LogP contribution in [0.15, 0.2) is 47.4 Å². The molecule has 1 atom stereocenters. The molecular formula is C20H21N3O4. The van der Waals surface area contributed by atoms with Crippen LogP contribution in [0.4, 0.5) is 0 Å². The molecular weight excluding hydrogens is 346 g/mol.